The highest BCUT2D eigenvalue weighted by Crippen LogP contribution is 2.36. The molecule has 0 aliphatic carbocycles. The number of carbonyl (C=O) groups excluding carboxylic acids is 2. The van der Waals surface area contributed by atoms with Crippen molar-refractivity contribution < 1.29 is 23.5 Å². The van der Waals surface area contributed by atoms with E-state index >= 15 is 4.39 Å². The molecule has 0 N–H and O–H groups in total. The summed E-state index contributed by atoms with van der Waals surface area (Å²) >= 11 is 0. The molecule has 2 aromatic carbocycles. The molecule has 0 bridgehead atoms. The minimum atomic E-state index is -0.866. The predicted octanol–water partition coefficient (Wildman–Crippen LogP) is 5.40. The Morgan fingerprint density at radius 1 is 1.03 bits per heavy atom. The van der Waals surface area contributed by atoms with E-state index in [-0.39, 0.29) is 12.3 Å². The predicted molar refractivity (Wildman–Crippen MR) is 129 cm³/mol. The molecule has 1 heterocycles. The molecule has 0 saturated carbocycles. The van der Waals surface area contributed by atoms with Crippen LogP contribution in [-0.2, 0) is 22.6 Å². The molecule has 1 aliphatic heterocycles. The zero-order valence-corrected chi connectivity index (χ0v) is 21.1. The van der Waals surface area contributed by atoms with Crippen LogP contribution in [-0.4, -0.2) is 46.7 Å². The summed E-state index contributed by atoms with van der Waals surface area (Å²) in [5.41, 5.74) is 0.163. The molecule has 2 aromatic rings. The van der Waals surface area contributed by atoms with Gasteiger partial charge in [-0.15, -0.1) is 0 Å². The number of carbonyl (C=O) groups is 2. The van der Waals surface area contributed by atoms with Crippen molar-refractivity contribution in [2.45, 2.75) is 72.4 Å². The van der Waals surface area contributed by atoms with Crippen molar-refractivity contribution in [2.24, 2.45) is 5.41 Å². The van der Waals surface area contributed by atoms with Gasteiger partial charge in [-0.3, -0.25) is 9.69 Å². The minimum absolute atomic E-state index is 0.0415. The highest BCUT2D eigenvalue weighted by Gasteiger charge is 2.52. The number of hydrogen-bond acceptors (Lipinski definition) is 4. The standard InChI is InChI=1S/C27H35FN2O4/c1-26(2,3)24-29(7)23(31)22(30(24)25(32)34-27(4,5)6)15-19-13-14-20(16-21(19)28)33-17-18-11-9-8-10-12-18/h8-14,16,22,24H,15,17H2,1-7H3/t22-,24-/m0/s1/i28-1. The van der Waals surface area contributed by atoms with Gasteiger partial charge in [0.25, 0.3) is 0 Å². The van der Waals surface area contributed by atoms with E-state index in [1.807, 2.05) is 51.1 Å². The second-order valence-corrected chi connectivity index (χ2v) is 10.8. The number of benzene rings is 2. The van der Waals surface area contributed by atoms with E-state index in [0.29, 0.717) is 17.9 Å². The third-order valence-corrected chi connectivity index (χ3v) is 5.66. The molecule has 1 aliphatic rings. The molecule has 0 radical (unpaired) electrons. The summed E-state index contributed by atoms with van der Waals surface area (Å²) in [6, 6.07) is 13.4. The number of hydrogen-bond donors (Lipinski definition) is 0. The number of rotatable bonds is 5. The van der Waals surface area contributed by atoms with E-state index < -0.39 is 35.1 Å². The summed E-state index contributed by atoms with van der Waals surface area (Å²) in [5.74, 6) is -0.324. The number of likely N-dealkylation sites (N-methyl/N-ethyl adjacent to an activating group) is 1. The van der Waals surface area contributed by atoms with Gasteiger partial charge >= 0.3 is 6.09 Å². The molecule has 34 heavy (non-hydrogen) atoms. The zero-order chi connectivity index (χ0) is 25.3. The quantitative estimate of drug-likeness (QED) is 0.589. The number of nitrogens with zero attached hydrogens (tertiary/aromatic N) is 2. The lowest BCUT2D eigenvalue weighted by atomic mass is 9.91. The van der Waals surface area contributed by atoms with Crippen molar-refractivity contribution in [3.63, 3.8) is 0 Å². The van der Waals surface area contributed by atoms with Gasteiger partial charge in [-0.25, -0.2) is 9.18 Å². The molecule has 184 valence electrons. The van der Waals surface area contributed by atoms with Crippen molar-refractivity contribution in [1.82, 2.24) is 9.80 Å². The first kappa shape index (κ1) is 25.5. The van der Waals surface area contributed by atoms with E-state index in [2.05, 4.69) is 0 Å². The fraction of sp³-hybridized carbons (Fsp3) is 0.481. The van der Waals surface area contributed by atoms with E-state index in [4.69, 9.17) is 9.47 Å². The molecule has 1 saturated heterocycles. The molecule has 0 aromatic heterocycles. The Kier molecular flexibility index (Phi) is 7.24. The van der Waals surface area contributed by atoms with Crippen molar-refractivity contribution in [3.8, 4) is 5.75 Å². The van der Waals surface area contributed by atoms with Crippen molar-refractivity contribution in [3.05, 3.63) is 65.5 Å². The van der Waals surface area contributed by atoms with Gasteiger partial charge in [0.05, 0.1) is 0 Å². The second kappa shape index (κ2) is 9.65. The first-order valence-electron chi connectivity index (χ1n) is 11.5. The molecule has 2 atom stereocenters. The molecule has 0 unspecified atom stereocenters. The van der Waals surface area contributed by atoms with Crippen molar-refractivity contribution in [1.29, 1.82) is 0 Å². The summed E-state index contributed by atoms with van der Waals surface area (Å²) in [6.07, 6.45) is -1.06. The van der Waals surface area contributed by atoms with Gasteiger partial charge in [0.1, 0.15) is 36.0 Å². The Morgan fingerprint density at radius 2 is 1.68 bits per heavy atom. The maximum Gasteiger partial charge on any atom is 0.412 e. The van der Waals surface area contributed by atoms with Crippen molar-refractivity contribution in [2.75, 3.05) is 7.05 Å². The van der Waals surface area contributed by atoms with Gasteiger partial charge in [-0.2, -0.15) is 0 Å². The van der Waals surface area contributed by atoms with Crippen LogP contribution in [0.2, 0.25) is 0 Å². The highest BCUT2D eigenvalue weighted by atomic mass is 18.2. The van der Waals surface area contributed by atoms with Crippen LogP contribution in [0.5, 0.6) is 5.75 Å². The summed E-state index contributed by atoms with van der Waals surface area (Å²) in [6.45, 7) is 11.5. The highest BCUT2D eigenvalue weighted by molar-refractivity contribution is 5.89. The maximum absolute atomic E-state index is 15.0. The lowest BCUT2D eigenvalue weighted by molar-refractivity contribution is -0.129. The fourth-order valence-corrected chi connectivity index (χ4v) is 4.29. The molecular weight excluding hydrogens is 434 g/mol. The lowest BCUT2D eigenvalue weighted by Crippen LogP contribution is -2.52. The van der Waals surface area contributed by atoms with Crippen LogP contribution in [0.1, 0.15) is 52.7 Å². The summed E-state index contributed by atoms with van der Waals surface area (Å²) in [5, 5.41) is 0. The molecule has 1 fully saturated rings. The molecular formula is C27H35FN2O4. The van der Waals surface area contributed by atoms with Gasteiger partial charge < -0.3 is 14.4 Å². The van der Waals surface area contributed by atoms with E-state index in [1.54, 1.807) is 44.9 Å². The minimum Gasteiger partial charge on any atom is -0.489 e. The molecule has 6 nitrogen and oxygen atoms in total. The Hall–Kier alpha value is -3.09. The van der Waals surface area contributed by atoms with E-state index in [0.717, 1.165) is 5.56 Å². The zero-order valence-electron chi connectivity index (χ0n) is 21.1. The maximum atomic E-state index is 15.0. The smallest absolute Gasteiger partial charge is 0.412 e. The normalized spacial score (nSPS) is 18.9. The Balaban J connectivity index is 1.83. The number of halogens is 1. The molecule has 7 heteroatoms. The first-order chi connectivity index (χ1) is 15.8. The van der Waals surface area contributed by atoms with Gasteiger partial charge in [0.15, 0.2) is 0 Å². The van der Waals surface area contributed by atoms with Gasteiger partial charge in [-0.05, 0) is 38.0 Å². The van der Waals surface area contributed by atoms with Crippen LogP contribution in [0.25, 0.3) is 0 Å². The Labute approximate surface area is 201 Å². The largest absolute Gasteiger partial charge is 0.489 e. The van der Waals surface area contributed by atoms with E-state index in [1.165, 1.54) is 11.0 Å². The monoisotopic (exact) mass is 469 g/mol. The van der Waals surface area contributed by atoms with Gasteiger partial charge in [-0.1, -0.05) is 57.2 Å². The molecule has 0 spiro atoms. The summed E-state index contributed by atoms with van der Waals surface area (Å²) < 4.78 is 26.4. The van der Waals surface area contributed by atoms with E-state index in [9.17, 15) is 9.59 Å². The van der Waals surface area contributed by atoms with Crippen LogP contribution in [0.4, 0.5) is 9.18 Å². The van der Waals surface area contributed by atoms with Crippen LogP contribution >= 0.6 is 0 Å². The third kappa shape index (κ3) is 5.88. The summed E-state index contributed by atoms with van der Waals surface area (Å²) in [7, 11) is 1.67. The van der Waals surface area contributed by atoms with Crippen LogP contribution in [0.3, 0.4) is 0 Å². The topological polar surface area (TPSA) is 59.1 Å². The van der Waals surface area contributed by atoms with Crippen molar-refractivity contribution >= 4 is 12.0 Å². The third-order valence-electron chi connectivity index (χ3n) is 5.66. The van der Waals surface area contributed by atoms with Gasteiger partial charge in [0.2, 0.25) is 5.91 Å². The average molecular weight is 470 g/mol. The summed E-state index contributed by atoms with van der Waals surface area (Å²) in [4.78, 5) is 29.4. The Bertz CT molecular complexity index is 1030. The average Bonchev–Trinajstić information content (AvgIpc) is 2.98. The molecule has 3 rings (SSSR count). The van der Waals surface area contributed by atoms with Crippen LogP contribution < -0.4 is 4.74 Å². The number of amides is 2. The van der Waals surface area contributed by atoms with Gasteiger partial charge in [0, 0.05) is 24.9 Å². The lowest BCUT2D eigenvalue weighted by Gasteiger charge is -2.39. The second-order valence-electron chi connectivity index (χ2n) is 10.8. The number of ether oxygens (including phenoxy) is 2. The fourth-order valence-electron chi connectivity index (χ4n) is 4.29. The molecule has 2 amide bonds. The van der Waals surface area contributed by atoms with Crippen LogP contribution in [0, 0.1) is 11.2 Å². The van der Waals surface area contributed by atoms with Crippen LogP contribution in [0.15, 0.2) is 48.5 Å². The first-order valence-corrected chi connectivity index (χ1v) is 11.5. The SMILES string of the molecule is CN1C(=O)[C@H](Cc2ccc(OCc3ccccc3)cc2[18F])N(C(=O)OC(C)(C)C)[C@H]1C(C)(C)C. The Morgan fingerprint density at radius 3 is 2.24 bits per heavy atom.